The molecule has 4 nitrogen and oxygen atoms in total. The normalized spacial score (nSPS) is 11.9. The van der Waals surface area contributed by atoms with Gasteiger partial charge in [-0.1, -0.05) is 18.2 Å². The molecule has 0 spiro atoms. The van der Waals surface area contributed by atoms with E-state index in [1.807, 2.05) is 30.3 Å². The van der Waals surface area contributed by atoms with Gasteiger partial charge in [-0.25, -0.2) is 13.8 Å². The van der Waals surface area contributed by atoms with Crippen LogP contribution in [0.3, 0.4) is 0 Å². The van der Waals surface area contributed by atoms with Gasteiger partial charge in [-0.3, -0.25) is 4.79 Å². The number of rotatable bonds is 4. The molecule has 2 heterocycles. The van der Waals surface area contributed by atoms with Crippen LogP contribution in [0, 0.1) is 23.0 Å². The molecule has 2 aromatic carbocycles. The average Bonchev–Trinajstić information content (AvgIpc) is 3.33. The highest BCUT2D eigenvalue weighted by molar-refractivity contribution is 7.26. The standard InChI is InChI=1S/C20H11F2N3OS2/c21-11-5-6-12(13(22)9-11)15(10-23)24-19(26)17-7-8-18(27-17)20-25-14-3-1-2-4-16(14)28-20/h1-9,15H,(H,24,26). The number of aromatic nitrogens is 1. The van der Waals surface area contributed by atoms with Crippen LogP contribution in [0.2, 0.25) is 0 Å². The first kappa shape index (κ1) is 18.2. The molecule has 1 atom stereocenters. The van der Waals surface area contributed by atoms with Gasteiger partial charge in [-0.05, 0) is 30.3 Å². The average molecular weight is 411 g/mol. The number of nitrogens with zero attached hydrogens (tertiary/aromatic N) is 2. The van der Waals surface area contributed by atoms with Crippen LogP contribution >= 0.6 is 22.7 Å². The lowest BCUT2D eigenvalue weighted by molar-refractivity contribution is 0.0949. The Hall–Kier alpha value is -3.15. The molecule has 0 aliphatic rings. The minimum Gasteiger partial charge on any atom is -0.332 e. The summed E-state index contributed by atoms with van der Waals surface area (Å²) in [7, 11) is 0. The van der Waals surface area contributed by atoms with Crippen molar-refractivity contribution < 1.29 is 13.6 Å². The SMILES string of the molecule is N#CC(NC(=O)c1ccc(-c2nc3ccccc3s2)s1)c1ccc(F)cc1F. The zero-order chi connectivity index (χ0) is 19.7. The van der Waals surface area contributed by atoms with Crippen molar-refractivity contribution in [2.45, 2.75) is 6.04 Å². The molecule has 0 bridgehead atoms. The minimum absolute atomic E-state index is 0.0831. The fourth-order valence-electron chi connectivity index (χ4n) is 2.67. The molecule has 4 rings (SSSR count). The van der Waals surface area contributed by atoms with Crippen LogP contribution in [0.4, 0.5) is 8.78 Å². The fraction of sp³-hybridized carbons (Fsp3) is 0.0500. The highest BCUT2D eigenvalue weighted by Crippen LogP contribution is 2.34. The van der Waals surface area contributed by atoms with Crippen molar-refractivity contribution in [1.82, 2.24) is 10.3 Å². The second-order valence-corrected chi connectivity index (χ2v) is 7.97. The predicted molar refractivity (Wildman–Crippen MR) is 105 cm³/mol. The van der Waals surface area contributed by atoms with Crippen molar-refractivity contribution in [3.05, 3.63) is 76.7 Å². The third-order valence-electron chi connectivity index (χ3n) is 4.01. The van der Waals surface area contributed by atoms with Gasteiger partial charge in [0.25, 0.3) is 5.91 Å². The second kappa shape index (κ2) is 7.46. The summed E-state index contributed by atoms with van der Waals surface area (Å²) < 4.78 is 28.0. The molecule has 1 amide bonds. The van der Waals surface area contributed by atoms with E-state index in [2.05, 4.69) is 10.3 Å². The van der Waals surface area contributed by atoms with Crippen LogP contribution in [-0.2, 0) is 0 Å². The van der Waals surface area contributed by atoms with E-state index in [0.717, 1.165) is 32.2 Å². The van der Waals surface area contributed by atoms with E-state index in [0.29, 0.717) is 10.9 Å². The first-order valence-electron chi connectivity index (χ1n) is 8.16. The monoisotopic (exact) mass is 411 g/mol. The summed E-state index contributed by atoms with van der Waals surface area (Å²) in [6.45, 7) is 0. The lowest BCUT2D eigenvalue weighted by Gasteiger charge is -2.12. The zero-order valence-electron chi connectivity index (χ0n) is 14.1. The summed E-state index contributed by atoms with van der Waals surface area (Å²) in [5.41, 5.74) is 0.804. The predicted octanol–water partition coefficient (Wildman–Crippen LogP) is 5.30. The summed E-state index contributed by atoms with van der Waals surface area (Å²) in [4.78, 5) is 18.3. The number of carbonyl (C=O) groups excluding carboxylic acids is 1. The van der Waals surface area contributed by atoms with Gasteiger partial charge < -0.3 is 5.32 Å². The number of nitriles is 1. The Labute approximate surface area is 166 Å². The molecular weight excluding hydrogens is 400 g/mol. The Kier molecular flexibility index (Phi) is 4.86. The quantitative estimate of drug-likeness (QED) is 0.496. The zero-order valence-corrected chi connectivity index (χ0v) is 15.8. The molecule has 0 saturated carbocycles. The van der Waals surface area contributed by atoms with Crippen LogP contribution in [0.5, 0.6) is 0 Å². The van der Waals surface area contributed by atoms with E-state index in [1.165, 1.54) is 22.7 Å². The number of para-hydroxylation sites is 1. The molecule has 4 aromatic rings. The molecule has 0 saturated heterocycles. The molecule has 8 heteroatoms. The van der Waals surface area contributed by atoms with Crippen molar-refractivity contribution in [3.8, 4) is 16.0 Å². The van der Waals surface area contributed by atoms with Gasteiger partial charge in [-0.15, -0.1) is 22.7 Å². The number of thiazole rings is 1. The van der Waals surface area contributed by atoms with Crippen molar-refractivity contribution in [1.29, 1.82) is 5.26 Å². The summed E-state index contributed by atoms with van der Waals surface area (Å²) in [6, 6.07) is 14.7. The Balaban J connectivity index is 1.56. The van der Waals surface area contributed by atoms with Crippen LogP contribution < -0.4 is 5.32 Å². The Morgan fingerprint density at radius 3 is 2.68 bits per heavy atom. The van der Waals surface area contributed by atoms with E-state index in [4.69, 9.17) is 0 Å². The largest absolute Gasteiger partial charge is 0.332 e. The van der Waals surface area contributed by atoms with Crippen LogP contribution in [0.15, 0.2) is 54.6 Å². The van der Waals surface area contributed by atoms with Crippen molar-refractivity contribution in [3.63, 3.8) is 0 Å². The maximum atomic E-state index is 13.9. The number of halogens is 2. The van der Waals surface area contributed by atoms with Crippen molar-refractivity contribution in [2.75, 3.05) is 0 Å². The third kappa shape index (κ3) is 3.50. The maximum absolute atomic E-state index is 13.9. The Morgan fingerprint density at radius 1 is 1.11 bits per heavy atom. The highest BCUT2D eigenvalue weighted by Gasteiger charge is 2.20. The first-order chi connectivity index (χ1) is 13.5. The molecule has 0 radical (unpaired) electrons. The van der Waals surface area contributed by atoms with Crippen LogP contribution in [0.1, 0.15) is 21.3 Å². The summed E-state index contributed by atoms with van der Waals surface area (Å²) in [6.07, 6.45) is 0. The lowest BCUT2D eigenvalue weighted by Crippen LogP contribution is -2.27. The van der Waals surface area contributed by atoms with E-state index < -0.39 is 23.6 Å². The van der Waals surface area contributed by atoms with E-state index >= 15 is 0 Å². The number of thiophene rings is 1. The molecule has 1 unspecified atom stereocenters. The number of amides is 1. The molecule has 0 fully saturated rings. The fourth-order valence-corrected chi connectivity index (χ4v) is 4.60. The second-order valence-electron chi connectivity index (χ2n) is 5.85. The number of benzene rings is 2. The van der Waals surface area contributed by atoms with Crippen LogP contribution in [-0.4, -0.2) is 10.9 Å². The van der Waals surface area contributed by atoms with Crippen molar-refractivity contribution >= 4 is 38.8 Å². The van der Waals surface area contributed by atoms with Crippen LogP contribution in [0.25, 0.3) is 20.1 Å². The van der Waals surface area contributed by atoms with Gasteiger partial charge in [0.2, 0.25) is 0 Å². The van der Waals surface area contributed by atoms with Gasteiger partial charge in [0.05, 0.1) is 26.0 Å². The molecule has 0 aliphatic heterocycles. The number of hydrogen-bond donors (Lipinski definition) is 1. The number of carbonyl (C=O) groups is 1. The lowest BCUT2D eigenvalue weighted by atomic mass is 10.1. The molecule has 0 aliphatic carbocycles. The molecule has 28 heavy (non-hydrogen) atoms. The van der Waals surface area contributed by atoms with Gasteiger partial charge >= 0.3 is 0 Å². The summed E-state index contributed by atoms with van der Waals surface area (Å²) in [5.74, 6) is -2.14. The highest BCUT2D eigenvalue weighted by atomic mass is 32.1. The number of fused-ring (bicyclic) bond motifs is 1. The molecule has 1 N–H and O–H groups in total. The minimum atomic E-state index is -1.22. The van der Waals surface area contributed by atoms with E-state index in [9.17, 15) is 18.8 Å². The Morgan fingerprint density at radius 2 is 1.93 bits per heavy atom. The molecular formula is C20H11F2N3OS2. The van der Waals surface area contributed by atoms with E-state index in [1.54, 1.807) is 12.1 Å². The topological polar surface area (TPSA) is 65.8 Å². The summed E-state index contributed by atoms with van der Waals surface area (Å²) in [5, 5.41) is 12.6. The smallest absolute Gasteiger partial charge is 0.262 e. The number of nitrogens with one attached hydrogen (secondary N) is 1. The first-order valence-corrected chi connectivity index (χ1v) is 9.79. The molecule has 138 valence electrons. The van der Waals surface area contributed by atoms with E-state index in [-0.39, 0.29) is 5.56 Å². The van der Waals surface area contributed by atoms with Gasteiger partial charge in [0, 0.05) is 11.6 Å². The Bertz CT molecular complexity index is 1190. The number of hydrogen-bond acceptors (Lipinski definition) is 5. The van der Waals surface area contributed by atoms with Crippen molar-refractivity contribution in [2.24, 2.45) is 0 Å². The van der Waals surface area contributed by atoms with Gasteiger partial charge in [0.15, 0.2) is 0 Å². The van der Waals surface area contributed by atoms with Gasteiger partial charge in [0.1, 0.15) is 22.7 Å². The molecule has 2 aromatic heterocycles. The summed E-state index contributed by atoms with van der Waals surface area (Å²) >= 11 is 2.76. The third-order valence-corrected chi connectivity index (χ3v) is 6.30. The van der Waals surface area contributed by atoms with Gasteiger partial charge in [-0.2, -0.15) is 5.26 Å². The maximum Gasteiger partial charge on any atom is 0.262 e.